The van der Waals surface area contributed by atoms with Gasteiger partial charge in [0.25, 0.3) is 11.8 Å². The van der Waals surface area contributed by atoms with Gasteiger partial charge >= 0.3 is 0 Å². The van der Waals surface area contributed by atoms with E-state index in [0.717, 1.165) is 35.7 Å². The lowest BCUT2D eigenvalue weighted by molar-refractivity contribution is -0.0568. The average molecular weight is 590 g/mol. The van der Waals surface area contributed by atoms with Crippen molar-refractivity contribution in [3.8, 4) is 0 Å². The van der Waals surface area contributed by atoms with Crippen molar-refractivity contribution in [2.24, 2.45) is 0 Å². The number of fused-ring (bicyclic) bond motifs is 1. The molecule has 2 fully saturated rings. The van der Waals surface area contributed by atoms with Crippen LogP contribution < -0.4 is 15.5 Å². The molecule has 43 heavy (non-hydrogen) atoms. The van der Waals surface area contributed by atoms with Gasteiger partial charge in [0.05, 0.1) is 17.3 Å². The van der Waals surface area contributed by atoms with E-state index in [0.29, 0.717) is 43.4 Å². The fourth-order valence-electron chi connectivity index (χ4n) is 5.90. The van der Waals surface area contributed by atoms with Crippen LogP contribution in [-0.4, -0.2) is 63.9 Å². The number of alkyl halides is 2. The summed E-state index contributed by atoms with van der Waals surface area (Å²) in [5.74, 6) is -2.96. The number of hydrogen-bond acceptors (Lipinski definition) is 7. The maximum atomic E-state index is 15.7. The van der Waals surface area contributed by atoms with Crippen LogP contribution in [0.5, 0.6) is 0 Å². The Morgan fingerprint density at radius 2 is 1.93 bits per heavy atom. The molecule has 0 saturated carbocycles. The first-order valence-electron chi connectivity index (χ1n) is 14.6. The summed E-state index contributed by atoms with van der Waals surface area (Å²) < 4.78 is 42.7. The monoisotopic (exact) mass is 589 g/mol. The fourth-order valence-corrected chi connectivity index (χ4v) is 5.90. The zero-order valence-electron chi connectivity index (χ0n) is 24.0. The Hall–Kier alpha value is -4.09. The molecule has 0 spiro atoms. The van der Waals surface area contributed by atoms with Crippen molar-refractivity contribution in [2.45, 2.75) is 51.1 Å². The van der Waals surface area contributed by atoms with Gasteiger partial charge in [0.15, 0.2) is 0 Å². The standard InChI is InChI=1S/C32H34F3N7O/c1-21-4-2-5-22-9-14-37-29(28(21)22)42(25-6-3-13-36-19-25)30(43)26-8-7-23(18-27(26)33)39-31-38-15-10-24(40-31)20-41-16-11-32(34,35)12-17-41/h2,4-5,7-10,14-15,18,25,36H,3,6,11-13,16-17,19-20H2,1H3,(H,38,39,40)/t25-/m1/s1. The van der Waals surface area contributed by atoms with Crippen LogP contribution in [0.25, 0.3) is 10.8 Å². The highest BCUT2D eigenvalue weighted by molar-refractivity contribution is 6.11. The van der Waals surface area contributed by atoms with Crippen molar-refractivity contribution in [2.75, 3.05) is 36.4 Å². The van der Waals surface area contributed by atoms with Gasteiger partial charge < -0.3 is 10.6 Å². The molecule has 4 aromatic rings. The first kappa shape index (κ1) is 29.0. The molecule has 8 nitrogen and oxygen atoms in total. The van der Waals surface area contributed by atoms with Crippen LogP contribution in [0.4, 0.5) is 30.6 Å². The van der Waals surface area contributed by atoms with E-state index in [1.54, 1.807) is 29.4 Å². The Morgan fingerprint density at radius 1 is 1.12 bits per heavy atom. The number of likely N-dealkylation sites (tertiary alicyclic amines) is 1. The zero-order chi connectivity index (χ0) is 30.0. The van der Waals surface area contributed by atoms with Crippen LogP contribution in [0.3, 0.4) is 0 Å². The van der Waals surface area contributed by atoms with Crippen LogP contribution in [-0.2, 0) is 6.54 Å². The predicted molar refractivity (Wildman–Crippen MR) is 160 cm³/mol. The minimum atomic E-state index is -2.61. The smallest absolute Gasteiger partial charge is 0.262 e. The maximum Gasteiger partial charge on any atom is 0.262 e. The Labute approximate surface area is 248 Å². The van der Waals surface area contributed by atoms with Gasteiger partial charge in [-0.25, -0.2) is 28.1 Å². The van der Waals surface area contributed by atoms with E-state index in [9.17, 15) is 13.6 Å². The lowest BCUT2D eigenvalue weighted by atomic mass is 10.0. The topological polar surface area (TPSA) is 86.3 Å². The maximum absolute atomic E-state index is 15.7. The van der Waals surface area contributed by atoms with E-state index in [-0.39, 0.29) is 30.4 Å². The highest BCUT2D eigenvalue weighted by atomic mass is 19.3. The number of halogens is 3. The molecule has 2 N–H and O–H groups in total. The Bertz CT molecular complexity index is 1610. The molecule has 6 rings (SSSR count). The van der Waals surface area contributed by atoms with Crippen LogP contribution in [0, 0.1) is 12.7 Å². The van der Waals surface area contributed by atoms with Gasteiger partial charge in [-0.3, -0.25) is 14.6 Å². The first-order valence-corrected chi connectivity index (χ1v) is 14.6. The fraction of sp³-hybridized carbons (Fsp3) is 0.375. The molecule has 0 aliphatic carbocycles. The minimum Gasteiger partial charge on any atom is -0.324 e. The van der Waals surface area contributed by atoms with E-state index in [2.05, 4.69) is 25.6 Å². The predicted octanol–water partition coefficient (Wildman–Crippen LogP) is 5.85. The van der Waals surface area contributed by atoms with E-state index >= 15 is 4.39 Å². The van der Waals surface area contributed by atoms with Crippen molar-refractivity contribution in [1.82, 2.24) is 25.2 Å². The summed E-state index contributed by atoms with van der Waals surface area (Å²) in [6, 6.07) is 13.8. The second kappa shape index (κ2) is 12.3. The van der Waals surface area contributed by atoms with Gasteiger partial charge in [-0.05, 0) is 67.6 Å². The van der Waals surface area contributed by atoms with Gasteiger partial charge in [0.1, 0.15) is 11.6 Å². The number of amides is 1. The number of anilines is 3. The van der Waals surface area contributed by atoms with Gasteiger partial charge in [-0.2, -0.15) is 0 Å². The Balaban J connectivity index is 1.23. The average Bonchev–Trinajstić information content (AvgIpc) is 2.99. The number of piperidine rings is 2. The van der Waals surface area contributed by atoms with Gasteiger partial charge in [0, 0.05) is 62.5 Å². The lowest BCUT2D eigenvalue weighted by Crippen LogP contribution is -2.49. The van der Waals surface area contributed by atoms with Gasteiger partial charge in [0.2, 0.25) is 5.95 Å². The number of aryl methyl sites for hydroxylation is 1. The first-order chi connectivity index (χ1) is 20.8. The minimum absolute atomic E-state index is 0.0555. The van der Waals surface area contributed by atoms with Crippen LogP contribution >= 0.6 is 0 Å². The molecule has 2 aromatic heterocycles. The largest absolute Gasteiger partial charge is 0.324 e. The van der Waals surface area contributed by atoms with E-state index in [1.165, 1.54) is 12.1 Å². The van der Waals surface area contributed by atoms with Crippen molar-refractivity contribution in [3.05, 3.63) is 83.6 Å². The number of carbonyl (C=O) groups is 1. The molecule has 2 aliphatic heterocycles. The summed E-state index contributed by atoms with van der Waals surface area (Å²) in [7, 11) is 0. The third kappa shape index (κ3) is 6.47. The SMILES string of the molecule is Cc1cccc2ccnc(N(C(=O)c3ccc(Nc4nccc(CN5CCC(F)(F)CC5)n4)cc3F)[C@@H]3CCCNC3)c12. The molecular weight excluding hydrogens is 555 g/mol. The molecule has 2 aromatic carbocycles. The molecule has 0 bridgehead atoms. The highest BCUT2D eigenvalue weighted by Gasteiger charge is 2.34. The molecule has 0 radical (unpaired) electrons. The molecule has 1 amide bonds. The van der Waals surface area contributed by atoms with E-state index < -0.39 is 17.6 Å². The number of nitrogens with zero attached hydrogens (tertiary/aromatic N) is 5. The number of benzene rings is 2. The molecule has 2 aliphatic rings. The van der Waals surface area contributed by atoms with Gasteiger partial charge in [-0.15, -0.1) is 0 Å². The summed E-state index contributed by atoms with van der Waals surface area (Å²) in [4.78, 5) is 31.0. The number of nitrogens with one attached hydrogen (secondary N) is 2. The highest BCUT2D eigenvalue weighted by Crippen LogP contribution is 2.32. The second-order valence-corrected chi connectivity index (χ2v) is 11.3. The summed E-state index contributed by atoms with van der Waals surface area (Å²) in [6.07, 6.45) is 4.60. The van der Waals surface area contributed by atoms with Crippen molar-refractivity contribution in [1.29, 1.82) is 0 Å². The van der Waals surface area contributed by atoms with Crippen molar-refractivity contribution >= 4 is 34.1 Å². The van der Waals surface area contributed by atoms with Crippen LogP contribution in [0.1, 0.15) is 47.3 Å². The third-order valence-corrected chi connectivity index (χ3v) is 8.20. The van der Waals surface area contributed by atoms with E-state index in [4.69, 9.17) is 0 Å². The number of carbonyl (C=O) groups excluding carboxylic acids is 1. The Kier molecular flexibility index (Phi) is 8.27. The molecule has 1 atom stereocenters. The summed E-state index contributed by atoms with van der Waals surface area (Å²) in [6.45, 7) is 4.45. The van der Waals surface area contributed by atoms with Gasteiger partial charge in [-0.1, -0.05) is 18.2 Å². The summed E-state index contributed by atoms with van der Waals surface area (Å²) in [5.41, 5.74) is 1.99. The number of hydrogen-bond donors (Lipinski definition) is 2. The number of pyridine rings is 1. The van der Waals surface area contributed by atoms with E-state index in [1.807, 2.05) is 36.1 Å². The van der Waals surface area contributed by atoms with Crippen LogP contribution in [0.15, 0.2) is 60.9 Å². The molecule has 11 heteroatoms. The summed E-state index contributed by atoms with van der Waals surface area (Å²) >= 11 is 0. The summed E-state index contributed by atoms with van der Waals surface area (Å²) in [5, 5.41) is 8.21. The number of aromatic nitrogens is 3. The lowest BCUT2D eigenvalue weighted by Gasteiger charge is -2.35. The zero-order valence-corrected chi connectivity index (χ0v) is 24.0. The Morgan fingerprint density at radius 3 is 2.70 bits per heavy atom. The second-order valence-electron chi connectivity index (χ2n) is 11.3. The molecule has 4 heterocycles. The molecular formula is C32H34F3N7O. The van der Waals surface area contributed by atoms with Crippen molar-refractivity contribution in [3.63, 3.8) is 0 Å². The van der Waals surface area contributed by atoms with Crippen molar-refractivity contribution < 1.29 is 18.0 Å². The molecule has 0 unspecified atom stereocenters. The van der Waals surface area contributed by atoms with Crippen LogP contribution in [0.2, 0.25) is 0 Å². The molecule has 2 saturated heterocycles. The molecule has 224 valence electrons. The third-order valence-electron chi connectivity index (χ3n) is 8.20. The normalized spacial score (nSPS) is 18.8. The number of rotatable bonds is 7. The quantitative estimate of drug-likeness (QED) is 0.280.